The van der Waals surface area contributed by atoms with Crippen molar-refractivity contribution in [2.45, 2.75) is 13.2 Å². The predicted molar refractivity (Wildman–Crippen MR) is 96.6 cm³/mol. The van der Waals surface area contributed by atoms with Crippen molar-refractivity contribution < 1.29 is 14.3 Å². The Balaban J connectivity index is 0.00000288. The molecule has 2 aromatic carbocycles. The van der Waals surface area contributed by atoms with Gasteiger partial charge in [-0.25, -0.2) is 0 Å². The minimum absolute atomic E-state index is 0. The van der Waals surface area contributed by atoms with E-state index in [1.807, 2.05) is 36.4 Å². The van der Waals surface area contributed by atoms with Gasteiger partial charge in [0.15, 0.2) is 0 Å². The number of carbonyl (C=O) groups is 1. The fourth-order valence-electron chi connectivity index (χ4n) is 2.04. The third-order valence-corrected chi connectivity index (χ3v) is 3.41. The number of halogens is 1. The Morgan fingerprint density at radius 3 is 2.25 bits per heavy atom. The van der Waals surface area contributed by atoms with E-state index in [9.17, 15) is 4.79 Å². The Morgan fingerprint density at radius 2 is 1.67 bits per heavy atom. The Bertz CT molecular complexity index is 615. The number of benzene rings is 2. The zero-order chi connectivity index (χ0) is 16.5. The van der Waals surface area contributed by atoms with Crippen molar-refractivity contribution in [2.75, 3.05) is 20.3 Å². The summed E-state index contributed by atoms with van der Waals surface area (Å²) in [5.41, 5.74) is 8.22. The van der Waals surface area contributed by atoms with Gasteiger partial charge >= 0.3 is 0 Å². The normalized spacial score (nSPS) is 9.92. The lowest BCUT2D eigenvalue weighted by molar-refractivity contribution is 0.0901. The second kappa shape index (κ2) is 10.6. The molecule has 6 heteroatoms. The van der Waals surface area contributed by atoms with E-state index in [1.54, 1.807) is 19.2 Å². The third kappa shape index (κ3) is 6.20. The van der Waals surface area contributed by atoms with Crippen LogP contribution in [-0.2, 0) is 17.9 Å². The van der Waals surface area contributed by atoms with Crippen molar-refractivity contribution in [1.82, 2.24) is 5.32 Å². The van der Waals surface area contributed by atoms with E-state index in [4.69, 9.17) is 15.2 Å². The van der Waals surface area contributed by atoms with Gasteiger partial charge in [-0.15, -0.1) is 12.4 Å². The number of nitrogens with two attached hydrogens (primary N) is 1. The molecule has 2 aromatic rings. The highest BCUT2D eigenvalue weighted by atomic mass is 35.5. The predicted octanol–water partition coefficient (Wildman–Crippen LogP) is 2.52. The van der Waals surface area contributed by atoms with Crippen molar-refractivity contribution in [1.29, 1.82) is 0 Å². The molecule has 3 N–H and O–H groups in total. The summed E-state index contributed by atoms with van der Waals surface area (Å²) in [4.78, 5) is 11.9. The van der Waals surface area contributed by atoms with E-state index in [0.717, 1.165) is 16.9 Å². The standard InChI is InChI=1S/C18H22N2O3.ClH/c1-22-17-8-4-15(5-9-17)13-23-11-10-20-18(21)16-6-2-14(12-19)3-7-16;/h2-9H,10-13,19H2,1H3,(H,20,21);1H. The first kappa shape index (κ1) is 20.0. The summed E-state index contributed by atoms with van der Waals surface area (Å²) in [6.45, 7) is 1.90. The quantitative estimate of drug-likeness (QED) is 0.717. The molecule has 0 saturated carbocycles. The molecule has 0 aliphatic heterocycles. The van der Waals surface area contributed by atoms with Gasteiger partial charge in [-0.05, 0) is 35.4 Å². The molecule has 0 saturated heterocycles. The van der Waals surface area contributed by atoms with Crippen molar-refractivity contribution in [3.8, 4) is 5.75 Å². The van der Waals surface area contributed by atoms with Gasteiger partial charge in [0.1, 0.15) is 5.75 Å². The molecule has 0 bridgehead atoms. The fraction of sp³-hybridized carbons (Fsp3) is 0.278. The van der Waals surface area contributed by atoms with Crippen LogP contribution in [0.2, 0.25) is 0 Å². The Hall–Kier alpha value is -2.08. The van der Waals surface area contributed by atoms with Crippen LogP contribution in [0.3, 0.4) is 0 Å². The van der Waals surface area contributed by atoms with Crippen molar-refractivity contribution in [2.24, 2.45) is 5.73 Å². The number of hydrogen-bond donors (Lipinski definition) is 2. The number of amides is 1. The van der Waals surface area contributed by atoms with Gasteiger partial charge in [-0.2, -0.15) is 0 Å². The molecule has 0 atom stereocenters. The van der Waals surface area contributed by atoms with Crippen LogP contribution in [0.25, 0.3) is 0 Å². The van der Waals surface area contributed by atoms with E-state index in [1.165, 1.54) is 0 Å². The molecule has 0 aromatic heterocycles. The largest absolute Gasteiger partial charge is 0.497 e. The highest BCUT2D eigenvalue weighted by molar-refractivity contribution is 5.94. The number of methoxy groups -OCH3 is 1. The minimum Gasteiger partial charge on any atom is -0.497 e. The molecule has 0 unspecified atom stereocenters. The van der Waals surface area contributed by atoms with Crippen LogP contribution in [-0.4, -0.2) is 26.2 Å². The van der Waals surface area contributed by atoms with Crippen LogP contribution in [0.1, 0.15) is 21.5 Å². The average Bonchev–Trinajstić information content (AvgIpc) is 2.62. The lowest BCUT2D eigenvalue weighted by Crippen LogP contribution is -2.27. The number of nitrogens with one attached hydrogen (secondary N) is 1. The Kier molecular flexibility index (Phi) is 8.86. The minimum atomic E-state index is -0.110. The molecule has 0 radical (unpaired) electrons. The molecule has 130 valence electrons. The molecule has 0 fully saturated rings. The van der Waals surface area contributed by atoms with E-state index in [2.05, 4.69) is 5.32 Å². The van der Waals surface area contributed by atoms with Crippen molar-refractivity contribution in [3.05, 3.63) is 65.2 Å². The first-order chi connectivity index (χ1) is 11.2. The molecule has 0 aliphatic carbocycles. The van der Waals surface area contributed by atoms with Gasteiger partial charge in [-0.3, -0.25) is 4.79 Å². The number of ether oxygens (including phenoxy) is 2. The summed E-state index contributed by atoms with van der Waals surface area (Å²) in [7, 11) is 1.64. The molecule has 0 heterocycles. The molecule has 0 spiro atoms. The summed E-state index contributed by atoms with van der Waals surface area (Å²) >= 11 is 0. The highest BCUT2D eigenvalue weighted by Crippen LogP contribution is 2.11. The van der Waals surface area contributed by atoms with E-state index in [-0.39, 0.29) is 18.3 Å². The first-order valence-electron chi connectivity index (χ1n) is 7.51. The highest BCUT2D eigenvalue weighted by Gasteiger charge is 2.04. The summed E-state index contributed by atoms with van der Waals surface area (Å²) in [5.74, 6) is 0.711. The van der Waals surface area contributed by atoms with Gasteiger partial charge in [-0.1, -0.05) is 24.3 Å². The molecule has 0 aliphatic rings. The maximum Gasteiger partial charge on any atom is 0.251 e. The zero-order valence-electron chi connectivity index (χ0n) is 13.7. The van der Waals surface area contributed by atoms with Gasteiger partial charge in [0.2, 0.25) is 0 Å². The van der Waals surface area contributed by atoms with Gasteiger partial charge in [0, 0.05) is 18.7 Å². The molecular weight excluding hydrogens is 328 g/mol. The lowest BCUT2D eigenvalue weighted by atomic mass is 10.1. The van der Waals surface area contributed by atoms with Crippen LogP contribution in [0.5, 0.6) is 5.75 Å². The first-order valence-corrected chi connectivity index (χ1v) is 7.51. The topological polar surface area (TPSA) is 73.6 Å². The maximum absolute atomic E-state index is 11.9. The van der Waals surface area contributed by atoms with Crippen LogP contribution < -0.4 is 15.8 Å². The molecule has 1 amide bonds. The Morgan fingerprint density at radius 1 is 1.04 bits per heavy atom. The van der Waals surface area contributed by atoms with Crippen molar-refractivity contribution in [3.63, 3.8) is 0 Å². The van der Waals surface area contributed by atoms with Crippen LogP contribution in [0.15, 0.2) is 48.5 Å². The van der Waals surface area contributed by atoms with Crippen LogP contribution >= 0.6 is 12.4 Å². The fourth-order valence-corrected chi connectivity index (χ4v) is 2.04. The summed E-state index contributed by atoms with van der Waals surface area (Å²) in [6, 6.07) is 15.0. The van der Waals surface area contributed by atoms with Gasteiger partial charge in [0.25, 0.3) is 5.91 Å². The number of hydrogen-bond acceptors (Lipinski definition) is 4. The van der Waals surface area contributed by atoms with Crippen molar-refractivity contribution >= 4 is 18.3 Å². The van der Waals surface area contributed by atoms with Gasteiger partial charge < -0.3 is 20.5 Å². The smallest absolute Gasteiger partial charge is 0.251 e. The Labute approximate surface area is 148 Å². The average molecular weight is 351 g/mol. The molecular formula is C18H23ClN2O3. The summed E-state index contributed by atoms with van der Waals surface area (Å²) in [6.07, 6.45) is 0. The third-order valence-electron chi connectivity index (χ3n) is 3.41. The van der Waals surface area contributed by atoms with E-state index in [0.29, 0.717) is 31.9 Å². The van der Waals surface area contributed by atoms with Gasteiger partial charge in [0.05, 0.1) is 20.3 Å². The maximum atomic E-state index is 11.9. The summed E-state index contributed by atoms with van der Waals surface area (Å²) in [5, 5.41) is 2.83. The SMILES string of the molecule is COc1ccc(COCCNC(=O)c2ccc(CN)cc2)cc1.Cl. The summed E-state index contributed by atoms with van der Waals surface area (Å²) < 4.78 is 10.6. The lowest BCUT2D eigenvalue weighted by Gasteiger charge is -2.08. The van der Waals surface area contributed by atoms with Crippen LogP contribution in [0, 0.1) is 0 Å². The molecule has 5 nitrogen and oxygen atoms in total. The second-order valence-electron chi connectivity index (χ2n) is 5.06. The molecule has 24 heavy (non-hydrogen) atoms. The zero-order valence-corrected chi connectivity index (χ0v) is 14.5. The monoisotopic (exact) mass is 350 g/mol. The second-order valence-corrected chi connectivity index (χ2v) is 5.06. The van der Waals surface area contributed by atoms with E-state index < -0.39 is 0 Å². The number of carbonyl (C=O) groups excluding carboxylic acids is 1. The number of rotatable bonds is 8. The molecule has 2 rings (SSSR count). The van der Waals surface area contributed by atoms with E-state index >= 15 is 0 Å². The van der Waals surface area contributed by atoms with Crippen LogP contribution in [0.4, 0.5) is 0 Å².